The fourth-order valence-corrected chi connectivity index (χ4v) is 1.92. The summed E-state index contributed by atoms with van der Waals surface area (Å²) in [6.07, 6.45) is 2.00. The van der Waals surface area contributed by atoms with Crippen LogP contribution in [0.15, 0.2) is 18.2 Å². The molecule has 1 aromatic rings. The monoisotopic (exact) mass is 229 g/mol. The lowest BCUT2D eigenvalue weighted by molar-refractivity contribution is 0.110. The molecule has 0 saturated carbocycles. The van der Waals surface area contributed by atoms with Crippen molar-refractivity contribution in [3.63, 3.8) is 0 Å². The lowest BCUT2D eigenvalue weighted by atomic mass is 9.92. The average Bonchev–Trinajstić information content (AvgIpc) is 2.23. The van der Waals surface area contributed by atoms with Gasteiger partial charge in [0.25, 0.3) is 0 Å². The molecule has 1 aliphatic rings. The normalized spacial score (nSPS) is 18.4. The molecule has 0 unspecified atom stereocenters. The van der Waals surface area contributed by atoms with Crippen LogP contribution in [0.3, 0.4) is 0 Å². The van der Waals surface area contributed by atoms with Crippen molar-refractivity contribution < 1.29 is 4.74 Å². The summed E-state index contributed by atoms with van der Waals surface area (Å²) in [7, 11) is 0. The number of ether oxygens (including phenoxy) is 1. The van der Waals surface area contributed by atoms with Gasteiger partial charge in [0.05, 0.1) is 10.0 Å². The van der Waals surface area contributed by atoms with Crippen LogP contribution < -0.4 is 0 Å². The molecule has 0 aromatic heterocycles. The molecule has 0 aliphatic carbocycles. The Morgan fingerprint density at radius 3 is 2.36 bits per heavy atom. The molecule has 3 heteroatoms. The highest BCUT2D eigenvalue weighted by Crippen LogP contribution is 2.30. The summed E-state index contributed by atoms with van der Waals surface area (Å²) in [4.78, 5) is 0. The lowest BCUT2D eigenvalue weighted by Gasteiger charge is -2.21. The Kier molecular flexibility index (Phi) is 3.32. The minimum absolute atomic E-state index is 0.614. The molecule has 1 aromatic carbocycles. The van der Waals surface area contributed by atoms with E-state index in [-0.39, 0.29) is 0 Å². The Labute approximate surface area is 94.0 Å². The van der Waals surface area contributed by atoms with Crippen molar-refractivity contribution in [3.05, 3.63) is 39.7 Å². The van der Waals surface area contributed by atoms with E-state index in [2.05, 4.69) is 0 Å². The van der Waals surface area contributed by atoms with Crippen molar-refractivity contribution in [1.29, 1.82) is 0 Å². The summed E-state index contributed by atoms with van der Waals surface area (Å²) in [5, 5.41) is 1.24. The second-order valence-corrected chi connectivity index (χ2v) is 4.16. The lowest BCUT2D eigenvalue weighted by Crippen LogP contribution is -2.14. The van der Waals surface area contributed by atoms with Gasteiger partial charge in [-0.1, -0.05) is 29.3 Å². The van der Waals surface area contributed by atoms with Gasteiger partial charge in [-0.25, -0.2) is 0 Å². The van der Waals surface area contributed by atoms with Crippen LogP contribution in [-0.4, -0.2) is 13.2 Å². The smallest absolute Gasteiger partial charge is 0.0595 e. The van der Waals surface area contributed by atoms with E-state index in [1.165, 1.54) is 11.5 Å². The summed E-state index contributed by atoms with van der Waals surface area (Å²) in [5.74, 6) is 1.41. The third-order valence-electron chi connectivity index (χ3n) is 2.42. The van der Waals surface area contributed by atoms with Gasteiger partial charge in [0, 0.05) is 19.1 Å². The van der Waals surface area contributed by atoms with Crippen LogP contribution in [0.25, 0.3) is 0 Å². The zero-order valence-electron chi connectivity index (χ0n) is 7.72. The number of benzene rings is 1. The molecule has 14 heavy (non-hydrogen) atoms. The van der Waals surface area contributed by atoms with Crippen LogP contribution in [0, 0.1) is 5.92 Å². The Hall–Kier alpha value is -0.240. The molecular weight excluding hydrogens is 219 g/mol. The van der Waals surface area contributed by atoms with Crippen molar-refractivity contribution in [2.45, 2.75) is 12.8 Å². The Morgan fingerprint density at radius 1 is 1.00 bits per heavy atom. The minimum Gasteiger partial charge on any atom is -0.381 e. The maximum Gasteiger partial charge on any atom is 0.0595 e. The maximum atomic E-state index is 5.96. The molecule has 75 valence electrons. The van der Waals surface area contributed by atoms with Crippen LogP contribution in [0.4, 0.5) is 0 Å². The molecule has 1 aliphatic heterocycles. The van der Waals surface area contributed by atoms with Crippen molar-refractivity contribution in [1.82, 2.24) is 0 Å². The summed E-state index contributed by atoms with van der Waals surface area (Å²) in [6.45, 7) is 1.63. The topological polar surface area (TPSA) is 9.23 Å². The fraction of sp³-hybridized carbons (Fsp3) is 0.364. The van der Waals surface area contributed by atoms with Gasteiger partial charge >= 0.3 is 0 Å². The Balaban J connectivity index is 2.18. The number of hydrogen-bond donors (Lipinski definition) is 0. The van der Waals surface area contributed by atoms with Crippen molar-refractivity contribution in [3.8, 4) is 0 Å². The SMILES string of the molecule is Clc1ccc([C]2CCOCC2)cc1Cl. The molecule has 1 saturated heterocycles. The highest BCUT2D eigenvalue weighted by molar-refractivity contribution is 6.42. The standard InChI is InChI=1S/C11H11Cl2O/c12-10-2-1-9(7-11(10)13)8-3-5-14-6-4-8/h1-2,7H,3-6H2. The zero-order chi connectivity index (χ0) is 9.97. The van der Waals surface area contributed by atoms with E-state index < -0.39 is 0 Å². The first kappa shape index (κ1) is 10.3. The van der Waals surface area contributed by atoms with E-state index in [1.807, 2.05) is 18.2 Å². The van der Waals surface area contributed by atoms with E-state index >= 15 is 0 Å². The first-order valence-corrected chi connectivity index (χ1v) is 5.41. The molecule has 1 heterocycles. The maximum absolute atomic E-state index is 5.96. The molecule has 0 spiro atoms. The van der Waals surface area contributed by atoms with Gasteiger partial charge in [0.1, 0.15) is 0 Å². The summed E-state index contributed by atoms with van der Waals surface area (Å²) < 4.78 is 5.30. The third-order valence-corrected chi connectivity index (χ3v) is 3.16. The molecule has 0 amide bonds. The molecule has 1 fully saturated rings. The summed E-state index contributed by atoms with van der Waals surface area (Å²) in [5.41, 5.74) is 1.20. The largest absolute Gasteiger partial charge is 0.381 e. The van der Waals surface area contributed by atoms with Crippen LogP contribution in [-0.2, 0) is 4.74 Å². The van der Waals surface area contributed by atoms with Gasteiger partial charge < -0.3 is 4.74 Å². The van der Waals surface area contributed by atoms with E-state index in [9.17, 15) is 0 Å². The quantitative estimate of drug-likeness (QED) is 0.714. The summed E-state index contributed by atoms with van der Waals surface area (Å²) >= 11 is 11.8. The van der Waals surface area contributed by atoms with Crippen LogP contribution in [0.1, 0.15) is 18.4 Å². The minimum atomic E-state index is 0.614. The predicted octanol–water partition coefficient (Wildman–Crippen LogP) is 3.73. The van der Waals surface area contributed by atoms with Crippen molar-refractivity contribution in [2.24, 2.45) is 0 Å². The van der Waals surface area contributed by atoms with E-state index in [1.54, 1.807) is 0 Å². The first-order chi connectivity index (χ1) is 6.77. The number of hydrogen-bond acceptors (Lipinski definition) is 1. The van der Waals surface area contributed by atoms with Gasteiger partial charge in [-0.05, 0) is 30.5 Å². The van der Waals surface area contributed by atoms with Gasteiger partial charge in [0.2, 0.25) is 0 Å². The molecular formula is C11H11Cl2O. The predicted molar refractivity (Wildman–Crippen MR) is 58.9 cm³/mol. The second-order valence-electron chi connectivity index (χ2n) is 3.34. The first-order valence-electron chi connectivity index (χ1n) is 4.65. The highest BCUT2D eigenvalue weighted by Gasteiger charge is 2.17. The fourth-order valence-electron chi connectivity index (χ4n) is 1.62. The molecule has 0 atom stereocenters. The zero-order valence-corrected chi connectivity index (χ0v) is 9.24. The van der Waals surface area contributed by atoms with Crippen LogP contribution >= 0.6 is 23.2 Å². The van der Waals surface area contributed by atoms with Crippen molar-refractivity contribution in [2.75, 3.05) is 13.2 Å². The second kappa shape index (κ2) is 4.52. The van der Waals surface area contributed by atoms with Gasteiger partial charge in [0.15, 0.2) is 0 Å². The molecule has 1 nitrogen and oxygen atoms in total. The molecule has 0 bridgehead atoms. The summed E-state index contributed by atoms with van der Waals surface area (Å²) in [6, 6.07) is 5.81. The highest BCUT2D eigenvalue weighted by atomic mass is 35.5. The van der Waals surface area contributed by atoms with E-state index in [0.717, 1.165) is 26.1 Å². The Bertz CT molecular complexity index is 319. The molecule has 2 rings (SSSR count). The van der Waals surface area contributed by atoms with E-state index in [0.29, 0.717) is 10.0 Å². The van der Waals surface area contributed by atoms with Gasteiger partial charge in [-0.2, -0.15) is 0 Å². The van der Waals surface area contributed by atoms with E-state index in [4.69, 9.17) is 27.9 Å². The van der Waals surface area contributed by atoms with Crippen molar-refractivity contribution >= 4 is 23.2 Å². The molecule has 0 N–H and O–H groups in total. The third kappa shape index (κ3) is 2.22. The van der Waals surface area contributed by atoms with Gasteiger partial charge in [-0.15, -0.1) is 0 Å². The average molecular weight is 230 g/mol. The number of rotatable bonds is 1. The molecule has 1 radical (unpaired) electrons. The van der Waals surface area contributed by atoms with Gasteiger partial charge in [-0.3, -0.25) is 0 Å². The van der Waals surface area contributed by atoms with Crippen LogP contribution in [0.2, 0.25) is 10.0 Å². The Morgan fingerprint density at radius 2 is 1.71 bits per heavy atom. The number of halogens is 2. The van der Waals surface area contributed by atoms with Crippen LogP contribution in [0.5, 0.6) is 0 Å².